The van der Waals surface area contributed by atoms with Crippen LogP contribution >= 0.6 is 11.3 Å². The topological polar surface area (TPSA) is 31.0 Å². The first-order valence-electron chi connectivity index (χ1n) is 15.0. The van der Waals surface area contributed by atoms with Crippen LogP contribution in [0, 0.1) is 0 Å². The van der Waals surface area contributed by atoms with Gasteiger partial charge in [0.1, 0.15) is 17.7 Å². The van der Waals surface area contributed by atoms with Gasteiger partial charge in [0.05, 0.1) is 22.3 Å². The lowest BCUT2D eigenvalue weighted by Gasteiger charge is -2.22. The SMILES string of the molecule is CC(C)c1cccc(C(C)C)c1-n1c(-c2coc3ccc(-c4ccc5sc6ccccc6c5c4)cc23)nc2ccccc21. The fraction of sp³-hybridized carbons (Fsp3) is 0.154. The van der Waals surface area contributed by atoms with Crippen LogP contribution in [0.4, 0.5) is 0 Å². The molecular formula is C39H32N2OS. The van der Waals surface area contributed by atoms with Gasteiger partial charge >= 0.3 is 0 Å². The van der Waals surface area contributed by atoms with Gasteiger partial charge in [-0.15, -0.1) is 11.3 Å². The first-order valence-corrected chi connectivity index (χ1v) is 15.8. The molecule has 0 saturated carbocycles. The molecule has 0 amide bonds. The maximum absolute atomic E-state index is 6.20. The van der Waals surface area contributed by atoms with Crippen molar-refractivity contribution in [2.75, 3.05) is 0 Å². The van der Waals surface area contributed by atoms with Crippen LogP contribution < -0.4 is 0 Å². The van der Waals surface area contributed by atoms with Gasteiger partial charge in [0.25, 0.3) is 0 Å². The number of imidazole rings is 1. The number of furan rings is 1. The Morgan fingerprint density at radius 2 is 1.33 bits per heavy atom. The van der Waals surface area contributed by atoms with Crippen molar-refractivity contribution in [1.29, 1.82) is 0 Å². The molecule has 0 bridgehead atoms. The summed E-state index contributed by atoms with van der Waals surface area (Å²) in [6.07, 6.45) is 1.88. The van der Waals surface area contributed by atoms with Gasteiger partial charge in [-0.2, -0.15) is 0 Å². The van der Waals surface area contributed by atoms with Crippen LogP contribution in [0.2, 0.25) is 0 Å². The molecule has 0 atom stereocenters. The average molecular weight is 577 g/mol. The average Bonchev–Trinajstić information content (AvgIpc) is 3.72. The molecule has 8 aromatic rings. The fourth-order valence-corrected chi connectivity index (χ4v) is 7.58. The standard InChI is InChI=1S/C39H32N2OS/c1-23(2)27-11-9-12-28(24(3)4)38(27)41-34-14-7-6-13-33(34)40-39(41)32-22-42-35-18-16-25(20-30(32)35)26-17-19-37-31(21-26)29-10-5-8-15-36(29)43-37/h5-24H,1-4H3. The molecule has 4 heteroatoms. The summed E-state index contributed by atoms with van der Waals surface area (Å²) in [6, 6.07) is 37.2. The number of rotatable bonds is 5. The summed E-state index contributed by atoms with van der Waals surface area (Å²) in [7, 11) is 0. The molecule has 3 nitrogen and oxygen atoms in total. The van der Waals surface area contributed by atoms with Gasteiger partial charge in [-0.25, -0.2) is 4.98 Å². The number of thiophene rings is 1. The largest absolute Gasteiger partial charge is 0.464 e. The number of para-hydroxylation sites is 3. The van der Waals surface area contributed by atoms with E-state index in [-0.39, 0.29) is 0 Å². The van der Waals surface area contributed by atoms with E-state index in [1.54, 1.807) is 0 Å². The molecule has 0 aliphatic carbocycles. The summed E-state index contributed by atoms with van der Waals surface area (Å²) in [6.45, 7) is 9.09. The second-order valence-electron chi connectivity index (χ2n) is 12.0. The highest BCUT2D eigenvalue weighted by atomic mass is 32.1. The minimum absolute atomic E-state index is 0.360. The molecule has 5 aromatic carbocycles. The number of hydrogen-bond acceptors (Lipinski definition) is 3. The number of benzene rings is 5. The van der Waals surface area contributed by atoms with Crippen molar-refractivity contribution in [2.45, 2.75) is 39.5 Å². The minimum atomic E-state index is 0.360. The normalized spacial score (nSPS) is 12.1. The molecule has 43 heavy (non-hydrogen) atoms. The molecular weight excluding hydrogens is 545 g/mol. The van der Waals surface area contributed by atoms with Gasteiger partial charge in [0.2, 0.25) is 0 Å². The monoisotopic (exact) mass is 576 g/mol. The van der Waals surface area contributed by atoms with Crippen LogP contribution in [0.1, 0.15) is 50.7 Å². The first kappa shape index (κ1) is 26.0. The quantitative estimate of drug-likeness (QED) is 0.204. The number of nitrogens with zero attached hydrogens (tertiary/aromatic N) is 2. The molecule has 8 rings (SSSR count). The van der Waals surface area contributed by atoms with Crippen LogP contribution in [0.15, 0.2) is 114 Å². The third kappa shape index (κ3) is 4.12. The Morgan fingerprint density at radius 3 is 2.12 bits per heavy atom. The van der Waals surface area contributed by atoms with E-state index in [4.69, 9.17) is 9.40 Å². The fourth-order valence-electron chi connectivity index (χ4n) is 6.49. The van der Waals surface area contributed by atoms with Gasteiger partial charge in [-0.3, -0.25) is 4.57 Å². The van der Waals surface area contributed by atoms with E-state index >= 15 is 0 Å². The second-order valence-corrected chi connectivity index (χ2v) is 13.1. The van der Waals surface area contributed by atoms with Crippen molar-refractivity contribution in [3.63, 3.8) is 0 Å². The predicted octanol–water partition coefficient (Wildman–Crippen LogP) is 11.7. The van der Waals surface area contributed by atoms with E-state index in [0.717, 1.165) is 33.4 Å². The van der Waals surface area contributed by atoms with Crippen LogP contribution in [0.3, 0.4) is 0 Å². The molecule has 0 fully saturated rings. The first-order chi connectivity index (χ1) is 21.0. The zero-order chi connectivity index (χ0) is 29.2. The lowest BCUT2D eigenvalue weighted by Crippen LogP contribution is -2.08. The van der Waals surface area contributed by atoms with Crippen molar-refractivity contribution in [2.24, 2.45) is 0 Å². The van der Waals surface area contributed by atoms with Gasteiger partial charge in [0, 0.05) is 25.6 Å². The smallest absolute Gasteiger partial charge is 0.149 e. The van der Waals surface area contributed by atoms with Gasteiger partial charge in [-0.1, -0.05) is 88.4 Å². The highest BCUT2D eigenvalue weighted by Crippen LogP contribution is 2.41. The molecule has 3 aromatic heterocycles. The Bertz CT molecular complexity index is 2290. The Hall–Kier alpha value is -4.67. The zero-order valence-electron chi connectivity index (χ0n) is 24.8. The molecule has 0 aliphatic heterocycles. The number of fused-ring (bicyclic) bond motifs is 5. The van der Waals surface area contributed by atoms with Crippen LogP contribution in [0.5, 0.6) is 0 Å². The molecule has 210 valence electrons. The Labute approximate surface area is 255 Å². The van der Waals surface area contributed by atoms with Crippen molar-refractivity contribution >= 4 is 53.5 Å². The number of aromatic nitrogens is 2. The van der Waals surface area contributed by atoms with E-state index in [2.05, 4.69) is 135 Å². The maximum atomic E-state index is 6.20. The third-order valence-electron chi connectivity index (χ3n) is 8.65. The minimum Gasteiger partial charge on any atom is -0.464 e. The van der Waals surface area contributed by atoms with Crippen LogP contribution in [-0.2, 0) is 0 Å². The van der Waals surface area contributed by atoms with Crippen molar-refractivity contribution in [3.8, 4) is 28.2 Å². The second kappa shape index (κ2) is 9.96. The molecule has 0 radical (unpaired) electrons. The third-order valence-corrected chi connectivity index (χ3v) is 9.80. The van der Waals surface area contributed by atoms with Gasteiger partial charge in [0.15, 0.2) is 0 Å². The van der Waals surface area contributed by atoms with Gasteiger partial charge in [-0.05, 0) is 76.6 Å². The molecule has 3 heterocycles. The summed E-state index contributed by atoms with van der Waals surface area (Å²) in [4.78, 5) is 5.26. The summed E-state index contributed by atoms with van der Waals surface area (Å²) in [5.74, 6) is 1.63. The van der Waals surface area contributed by atoms with E-state index in [1.807, 2.05) is 17.6 Å². The van der Waals surface area contributed by atoms with Crippen molar-refractivity contribution in [3.05, 3.63) is 121 Å². The Morgan fingerprint density at radius 1 is 0.651 bits per heavy atom. The summed E-state index contributed by atoms with van der Waals surface area (Å²) >= 11 is 1.85. The Balaban J connectivity index is 1.37. The lowest BCUT2D eigenvalue weighted by atomic mass is 9.92. The van der Waals surface area contributed by atoms with Crippen LogP contribution in [0.25, 0.3) is 70.4 Å². The van der Waals surface area contributed by atoms with E-state index in [9.17, 15) is 0 Å². The molecule has 0 unspecified atom stereocenters. The summed E-state index contributed by atoms with van der Waals surface area (Å²) in [5.41, 5.74) is 10.2. The predicted molar refractivity (Wildman–Crippen MR) is 183 cm³/mol. The maximum Gasteiger partial charge on any atom is 0.149 e. The highest BCUT2D eigenvalue weighted by Gasteiger charge is 2.24. The Kier molecular flexibility index (Phi) is 6.02. The van der Waals surface area contributed by atoms with Crippen LogP contribution in [-0.4, -0.2) is 9.55 Å². The molecule has 0 spiro atoms. The molecule has 0 saturated heterocycles. The van der Waals surface area contributed by atoms with Gasteiger partial charge < -0.3 is 4.42 Å². The highest BCUT2D eigenvalue weighted by molar-refractivity contribution is 7.25. The summed E-state index contributed by atoms with van der Waals surface area (Å²) in [5, 5.41) is 3.68. The summed E-state index contributed by atoms with van der Waals surface area (Å²) < 4.78 is 11.2. The number of hydrogen-bond donors (Lipinski definition) is 0. The van der Waals surface area contributed by atoms with Crippen molar-refractivity contribution in [1.82, 2.24) is 9.55 Å². The molecule has 0 N–H and O–H groups in total. The van der Waals surface area contributed by atoms with E-state index in [0.29, 0.717) is 11.8 Å². The van der Waals surface area contributed by atoms with E-state index < -0.39 is 0 Å². The molecule has 0 aliphatic rings. The lowest BCUT2D eigenvalue weighted by molar-refractivity contribution is 0.616. The zero-order valence-corrected chi connectivity index (χ0v) is 25.6. The van der Waals surface area contributed by atoms with E-state index in [1.165, 1.54) is 48.1 Å². The van der Waals surface area contributed by atoms with Crippen molar-refractivity contribution < 1.29 is 4.42 Å².